The minimum atomic E-state index is 0.213. The van der Waals surface area contributed by atoms with Crippen LogP contribution in [-0.2, 0) is 0 Å². The quantitative estimate of drug-likeness (QED) is 0.809. The van der Waals surface area contributed by atoms with Crippen molar-refractivity contribution in [2.24, 2.45) is 0 Å². The van der Waals surface area contributed by atoms with E-state index < -0.39 is 0 Å². The molecule has 0 aliphatic carbocycles. The SMILES string of the molecule is CCC(CN(C)CCNC(C)(C)C)c1ccccc1. The highest BCUT2D eigenvalue weighted by molar-refractivity contribution is 5.19. The lowest BCUT2D eigenvalue weighted by atomic mass is 9.96. The van der Waals surface area contributed by atoms with E-state index in [0.29, 0.717) is 5.92 Å². The van der Waals surface area contributed by atoms with Crippen LogP contribution in [-0.4, -0.2) is 37.1 Å². The van der Waals surface area contributed by atoms with Crippen molar-refractivity contribution in [1.82, 2.24) is 10.2 Å². The number of nitrogens with zero attached hydrogens (tertiary/aromatic N) is 1. The molecule has 2 nitrogen and oxygen atoms in total. The zero-order valence-electron chi connectivity index (χ0n) is 13.2. The Kier molecular flexibility index (Phi) is 6.53. The highest BCUT2D eigenvalue weighted by Crippen LogP contribution is 2.19. The van der Waals surface area contributed by atoms with E-state index >= 15 is 0 Å². The summed E-state index contributed by atoms with van der Waals surface area (Å²) in [6.45, 7) is 12.2. The molecule has 1 unspecified atom stereocenters. The van der Waals surface area contributed by atoms with Gasteiger partial charge in [0, 0.05) is 25.2 Å². The molecule has 0 saturated heterocycles. The van der Waals surface area contributed by atoms with E-state index in [1.165, 1.54) is 12.0 Å². The number of rotatable bonds is 7. The van der Waals surface area contributed by atoms with Gasteiger partial charge in [0.25, 0.3) is 0 Å². The van der Waals surface area contributed by atoms with Crippen molar-refractivity contribution in [3.8, 4) is 0 Å². The number of benzene rings is 1. The third-order valence-electron chi connectivity index (χ3n) is 3.44. The Morgan fingerprint density at radius 1 is 1.16 bits per heavy atom. The van der Waals surface area contributed by atoms with Gasteiger partial charge < -0.3 is 10.2 Å². The summed E-state index contributed by atoms with van der Waals surface area (Å²) in [6, 6.07) is 10.9. The summed E-state index contributed by atoms with van der Waals surface area (Å²) in [4.78, 5) is 2.43. The monoisotopic (exact) mass is 262 g/mol. The Labute approximate surface area is 119 Å². The standard InChI is InChI=1S/C17H30N2/c1-6-15(16-10-8-7-9-11-16)14-19(5)13-12-18-17(2,3)4/h7-11,15,18H,6,12-14H2,1-5H3. The number of hydrogen-bond acceptors (Lipinski definition) is 2. The van der Waals surface area contributed by atoms with Crippen molar-refractivity contribution >= 4 is 0 Å². The van der Waals surface area contributed by atoms with Crippen molar-refractivity contribution in [2.45, 2.75) is 45.6 Å². The molecule has 0 aliphatic heterocycles. The third kappa shape index (κ3) is 6.74. The third-order valence-corrected chi connectivity index (χ3v) is 3.44. The summed E-state index contributed by atoms with van der Waals surface area (Å²) in [6.07, 6.45) is 1.20. The topological polar surface area (TPSA) is 15.3 Å². The predicted octanol–water partition coefficient (Wildman–Crippen LogP) is 3.50. The molecule has 1 aromatic carbocycles. The molecule has 1 rings (SSSR count). The van der Waals surface area contributed by atoms with Crippen LogP contribution in [0, 0.1) is 0 Å². The minimum Gasteiger partial charge on any atom is -0.311 e. The summed E-state index contributed by atoms with van der Waals surface area (Å²) in [5, 5.41) is 3.54. The summed E-state index contributed by atoms with van der Waals surface area (Å²) in [5.74, 6) is 0.640. The Morgan fingerprint density at radius 2 is 1.79 bits per heavy atom. The highest BCUT2D eigenvalue weighted by Gasteiger charge is 2.13. The Balaban J connectivity index is 2.39. The van der Waals surface area contributed by atoms with Gasteiger partial charge in [-0.3, -0.25) is 0 Å². The van der Waals surface area contributed by atoms with Crippen molar-refractivity contribution in [3.05, 3.63) is 35.9 Å². The van der Waals surface area contributed by atoms with Crippen LogP contribution in [0.1, 0.15) is 45.6 Å². The maximum absolute atomic E-state index is 3.54. The van der Waals surface area contributed by atoms with E-state index in [4.69, 9.17) is 0 Å². The summed E-state index contributed by atoms with van der Waals surface area (Å²) in [7, 11) is 2.22. The van der Waals surface area contributed by atoms with Crippen LogP contribution in [0.15, 0.2) is 30.3 Å². The maximum Gasteiger partial charge on any atom is 0.0104 e. The largest absolute Gasteiger partial charge is 0.311 e. The lowest BCUT2D eigenvalue weighted by molar-refractivity contribution is 0.290. The van der Waals surface area contributed by atoms with Gasteiger partial charge in [-0.2, -0.15) is 0 Å². The molecular formula is C17H30N2. The predicted molar refractivity (Wildman–Crippen MR) is 84.7 cm³/mol. The minimum absolute atomic E-state index is 0.213. The summed E-state index contributed by atoms with van der Waals surface area (Å²) < 4.78 is 0. The van der Waals surface area contributed by atoms with Gasteiger partial charge in [-0.05, 0) is 45.7 Å². The number of nitrogens with one attached hydrogen (secondary N) is 1. The van der Waals surface area contributed by atoms with Gasteiger partial charge in [-0.25, -0.2) is 0 Å². The molecule has 19 heavy (non-hydrogen) atoms. The van der Waals surface area contributed by atoms with Gasteiger partial charge in [0.05, 0.1) is 0 Å². The average Bonchev–Trinajstić information content (AvgIpc) is 2.35. The van der Waals surface area contributed by atoms with E-state index in [1.54, 1.807) is 0 Å². The molecule has 0 bridgehead atoms. The molecule has 0 spiro atoms. The van der Waals surface area contributed by atoms with Crippen LogP contribution >= 0.6 is 0 Å². The van der Waals surface area contributed by atoms with Gasteiger partial charge in [0.2, 0.25) is 0 Å². The summed E-state index contributed by atoms with van der Waals surface area (Å²) in [5.41, 5.74) is 1.67. The molecule has 0 radical (unpaired) electrons. The lowest BCUT2D eigenvalue weighted by Gasteiger charge is -2.26. The first-order chi connectivity index (χ1) is 8.92. The van der Waals surface area contributed by atoms with Crippen molar-refractivity contribution in [1.29, 1.82) is 0 Å². The van der Waals surface area contributed by atoms with Crippen LogP contribution in [0.4, 0.5) is 0 Å². The second kappa shape index (κ2) is 7.66. The smallest absolute Gasteiger partial charge is 0.0104 e. The molecule has 1 aromatic rings. The highest BCUT2D eigenvalue weighted by atomic mass is 15.1. The van der Waals surface area contributed by atoms with E-state index in [1.807, 2.05) is 0 Å². The molecule has 1 atom stereocenters. The Morgan fingerprint density at radius 3 is 2.32 bits per heavy atom. The zero-order chi connectivity index (χ0) is 14.3. The molecule has 1 N–H and O–H groups in total. The molecule has 0 aliphatic rings. The second-order valence-corrected chi connectivity index (χ2v) is 6.45. The number of hydrogen-bond donors (Lipinski definition) is 1. The van der Waals surface area contributed by atoms with Crippen LogP contribution in [0.3, 0.4) is 0 Å². The Hall–Kier alpha value is -0.860. The second-order valence-electron chi connectivity index (χ2n) is 6.45. The van der Waals surface area contributed by atoms with E-state index in [9.17, 15) is 0 Å². The Bertz CT molecular complexity index is 340. The molecular weight excluding hydrogens is 232 g/mol. The van der Waals surface area contributed by atoms with Gasteiger partial charge in [0.15, 0.2) is 0 Å². The lowest BCUT2D eigenvalue weighted by Crippen LogP contribution is -2.41. The van der Waals surface area contributed by atoms with Crippen molar-refractivity contribution in [2.75, 3.05) is 26.7 Å². The molecule has 0 fully saturated rings. The molecule has 108 valence electrons. The molecule has 0 saturated carbocycles. The van der Waals surface area contributed by atoms with Crippen LogP contribution in [0.25, 0.3) is 0 Å². The van der Waals surface area contributed by atoms with Crippen LogP contribution in [0.2, 0.25) is 0 Å². The fourth-order valence-corrected chi connectivity index (χ4v) is 2.28. The van der Waals surface area contributed by atoms with Crippen molar-refractivity contribution in [3.63, 3.8) is 0 Å². The molecule has 0 heterocycles. The van der Waals surface area contributed by atoms with E-state index in [0.717, 1.165) is 19.6 Å². The van der Waals surface area contributed by atoms with Gasteiger partial charge in [-0.15, -0.1) is 0 Å². The fourth-order valence-electron chi connectivity index (χ4n) is 2.28. The molecule has 0 aromatic heterocycles. The fraction of sp³-hybridized carbons (Fsp3) is 0.647. The van der Waals surface area contributed by atoms with Gasteiger partial charge in [-0.1, -0.05) is 37.3 Å². The van der Waals surface area contributed by atoms with Gasteiger partial charge >= 0.3 is 0 Å². The van der Waals surface area contributed by atoms with E-state index in [2.05, 4.69) is 75.3 Å². The first-order valence-corrected chi connectivity index (χ1v) is 7.41. The summed E-state index contributed by atoms with van der Waals surface area (Å²) >= 11 is 0. The average molecular weight is 262 g/mol. The first-order valence-electron chi connectivity index (χ1n) is 7.41. The maximum atomic E-state index is 3.54. The first kappa shape index (κ1) is 16.2. The van der Waals surface area contributed by atoms with Crippen molar-refractivity contribution < 1.29 is 0 Å². The van der Waals surface area contributed by atoms with Crippen LogP contribution in [0.5, 0.6) is 0 Å². The number of likely N-dealkylation sites (N-methyl/N-ethyl adjacent to an activating group) is 1. The zero-order valence-corrected chi connectivity index (χ0v) is 13.2. The van der Waals surface area contributed by atoms with E-state index in [-0.39, 0.29) is 5.54 Å². The normalized spacial score (nSPS) is 13.8. The van der Waals surface area contributed by atoms with Crippen LogP contribution < -0.4 is 5.32 Å². The molecule has 0 amide bonds. The van der Waals surface area contributed by atoms with Gasteiger partial charge in [0.1, 0.15) is 0 Å². The molecule has 2 heteroatoms.